The molecule has 3 rings (SSSR count). The Balaban J connectivity index is 1.59. The number of carbonyl (C=O) groups excluding carboxylic acids is 1. The molecule has 0 radical (unpaired) electrons. The molecule has 0 spiro atoms. The van der Waals surface area contributed by atoms with Gasteiger partial charge in [0.25, 0.3) is 0 Å². The topological polar surface area (TPSA) is 45.7 Å². The molecular weight excluding hydrogens is 254 g/mol. The molecule has 0 saturated carbocycles. The number of nitrogens with zero attached hydrogens (tertiary/aromatic N) is 3. The summed E-state index contributed by atoms with van der Waals surface area (Å²) < 4.78 is 4.68. The van der Waals surface area contributed by atoms with Gasteiger partial charge < -0.3 is 4.74 Å². The van der Waals surface area contributed by atoms with E-state index in [4.69, 9.17) is 0 Å². The molecule has 2 fully saturated rings. The van der Waals surface area contributed by atoms with Gasteiger partial charge in [-0.25, -0.2) is 4.79 Å². The Hall–Kier alpha value is -1.46. The summed E-state index contributed by atoms with van der Waals surface area (Å²) in [5, 5.41) is 0. The van der Waals surface area contributed by atoms with Crippen molar-refractivity contribution in [2.75, 3.05) is 33.3 Å². The van der Waals surface area contributed by atoms with Gasteiger partial charge in [0, 0.05) is 38.4 Å². The number of ether oxygens (including phenoxy) is 1. The number of piperazine rings is 1. The normalized spacial score (nSPS) is 23.6. The first-order valence-electron chi connectivity index (χ1n) is 7.26. The van der Waals surface area contributed by atoms with Gasteiger partial charge in [-0.05, 0) is 31.5 Å². The minimum atomic E-state index is -0.330. The Labute approximate surface area is 119 Å². The van der Waals surface area contributed by atoms with Crippen LogP contribution >= 0.6 is 0 Å². The molecule has 5 nitrogen and oxygen atoms in total. The van der Waals surface area contributed by atoms with Gasteiger partial charge in [-0.2, -0.15) is 0 Å². The zero-order valence-electron chi connectivity index (χ0n) is 11.9. The molecule has 2 saturated heterocycles. The monoisotopic (exact) mass is 275 g/mol. The van der Waals surface area contributed by atoms with Gasteiger partial charge >= 0.3 is 5.97 Å². The fraction of sp³-hybridized carbons (Fsp3) is 0.600. The van der Waals surface area contributed by atoms with E-state index in [0.29, 0.717) is 5.56 Å². The van der Waals surface area contributed by atoms with E-state index in [1.807, 2.05) is 6.07 Å². The number of rotatable bonds is 3. The van der Waals surface area contributed by atoms with Crippen LogP contribution < -0.4 is 0 Å². The third kappa shape index (κ3) is 2.83. The van der Waals surface area contributed by atoms with Gasteiger partial charge in [0.1, 0.15) is 0 Å². The van der Waals surface area contributed by atoms with Crippen LogP contribution in [0.4, 0.5) is 0 Å². The van der Waals surface area contributed by atoms with Gasteiger partial charge in [-0.15, -0.1) is 0 Å². The summed E-state index contributed by atoms with van der Waals surface area (Å²) in [6, 6.07) is 4.45. The van der Waals surface area contributed by atoms with Crippen LogP contribution in [-0.4, -0.2) is 60.1 Å². The van der Waals surface area contributed by atoms with Crippen LogP contribution in [0, 0.1) is 0 Å². The number of carbonyl (C=O) groups is 1. The maximum atomic E-state index is 11.4. The first kappa shape index (κ1) is 13.5. The van der Waals surface area contributed by atoms with E-state index in [1.165, 1.54) is 33.0 Å². The van der Waals surface area contributed by atoms with Gasteiger partial charge in [-0.1, -0.05) is 0 Å². The summed E-state index contributed by atoms with van der Waals surface area (Å²) in [6.45, 7) is 5.55. The first-order valence-corrected chi connectivity index (χ1v) is 7.26. The van der Waals surface area contributed by atoms with Gasteiger partial charge in [0.05, 0.1) is 18.4 Å². The van der Waals surface area contributed by atoms with Gasteiger partial charge in [-0.3, -0.25) is 14.8 Å². The second kappa shape index (κ2) is 5.89. The number of pyridine rings is 1. The molecule has 1 unspecified atom stereocenters. The maximum Gasteiger partial charge on any atom is 0.339 e. The highest BCUT2D eigenvalue weighted by Gasteiger charge is 2.30. The lowest BCUT2D eigenvalue weighted by molar-refractivity contribution is 0.0600. The second-order valence-electron chi connectivity index (χ2n) is 5.60. The molecule has 1 atom stereocenters. The van der Waals surface area contributed by atoms with E-state index >= 15 is 0 Å². The zero-order chi connectivity index (χ0) is 13.9. The van der Waals surface area contributed by atoms with E-state index < -0.39 is 0 Å². The van der Waals surface area contributed by atoms with Crippen LogP contribution in [0.5, 0.6) is 0 Å². The Morgan fingerprint density at radius 2 is 2.30 bits per heavy atom. The fourth-order valence-corrected chi connectivity index (χ4v) is 3.18. The molecule has 2 aliphatic heterocycles. The standard InChI is InChI=1S/C15H21N3O2/c1-20-15(19)12-4-5-13(16-9-12)10-17-7-8-18-6-2-3-14(18)11-17/h4-5,9,14H,2-3,6-8,10-11H2,1H3. The smallest absolute Gasteiger partial charge is 0.339 e. The van der Waals surface area contributed by atoms with Crippen molar-refractivity contribution in [2.24, 2.45) is 0 Å². The van der Waals surface area contributed by atoms with Crippen molar-refractivity contribution in [3.8, 4) is 0 Å². The second-order valence-corrected chi connectivity index (χ2v) is 5.60. The lowest BCUT2D eigenvalue weighted by Crippen LogP contribution is -2.49. The van der Waals surface area contributed by atoms with Crippen molar-refractivity contribution in [1.29, 1.82) is 0 Å². The fourth-order valence-electron chi connectivity index (χ4n) is 3.18. The molecule has 0 aromatic carbocycles. The van der Waals surface area contributed by atoms with Crippen LogP contribution in [0.25, 0.3) is 0 Å². The van der Waals surface area contributed by atoms with Crippen molar-refractivity contribution < 1.29 is 9.53 Å². The Kier molecular flexibility index (Phi) is 3.98. The third-order valence-electron chi connectivity index (χ3n) is 4.30. The first-order chi connectivity index (χ1) is 9.76. The molecule has 1 aromatic heterocycles. The molecule has 3 heterocycles. The number of methoxy groups -OCH3 is 1. The summed E-state index contributed by atoms with van der Waals surface area (Å²) >= 11 is 0. The highest BCUT2D eigenvalue weighted by atomic mass is 16.5. The molecule has 20 heavy (non-hydrogen) atoms. The van der Waals surface area contributed by atoms with E-state index in [9.17, 15) is 4.79 Å². The van der Waals surface area contributed by atoms with Crippen LogP contribution in [0.3, 0.4) is 0 Å². The largest absolute Gasteiger partial charge is 0.465 e. The summed E-state index contributed by atoms with van der Waals surface area (Å²) in [5.41, 5.74) is 1.53. The molecular formula is C15H21N3O2. The highest BCUT2D eigenvalue weighted by Crippen LogP contribution is 2.22. The van der Waals surface area contributed by atoms with Crippen LogP contribution in [0.1, 0.15) is 28.9 Å². The van der Waals surface area contributed by atoms with Crippen molar-refractivity contribution in [1.82, 2.24) is 14.8 Å². The molecule has 2 aliphatic rings. The zero-order valence-corrected chi connectivity index (χ0v) is 11.9. The Bertz CT molecular complexity index is 475. The number of hydrogen-bond donors (Lipinski definition) is 0. The van der Waals surface area contributed by atoms with E-state index in [-0.39, 0.29) is 5.97 Å². The van der Waals surface area contributed by atoms with Gasteiger partial charge in [0.2, 0.25) is 0 Å². The van der Waals surface area contributed by atoms with Crippen LogP contribution in [0.2, 0.25) is 0 Å². The molecule has 0 aliphatic carbocycles. The number of fused-ring (bicyclic) bond motifs is 1. The minimum absolute atomic E-state index is 0.330. The maximum absolute atomic E-state index is 11.4. The predicted octanol–water partition coefficient (Wildman–Crippen LogP) is 1.15. The minimum Gasteiger partial charge on any atom is -0.465 e. The van der Waals surface area contributed by atoms with Gasteiger partial charge in [0.15, 0.2) is 0 Å². The number of hydrogen-bond acceptors (Lipinski definition) is 5. The van der Waals surface area contributed by atoms with E-state index in [2.05, 4.69) is 19.5 Å². The van der Waals surface area contributed by atoms with Crippen molar-refractivity contribution >= 4 is 5.97 Å². The lowest BCUT2D eigenvalue weighted by Gasteiger charge is -2.37. The predicted molar refractivity (Wildman–Crippen MR) is 75.4 cm³/mol. The molecule has 1 aromatic rings. The lowest BCUT2D eigenvalue weighted by atomic mass is 10.1. The Morgan fingerprint density at radius 1 is 1.40 bits per heavy atom. The SMILES string of the molecule is COC(=O)c1ccc(CN2CCN3CCCC3C2)nc1. The molecule has 108 valence electrons. The average molecular weight is 275 g/mol. The average Bonchev–Trinajstić information content (AvgIpc) is 2.95. The summed E-state index contributed by atoms with van der Waals surface area (Å²) in [6.07, 6.45) is 4.27. The molecule has 0 N–H and O–H groups in total. The quantitative estimate of drug-likeness (QED) is 0.774. The summed E-state index contributed by atoms with van der Waals surface area (Å²) in [7, 11) is 1.39. The molecule has 0 amide bonds. The Morgan fingerprint density at radius 3 is 3.05 bits per heavy atom. The van der Waals surface area contributed by atoms with Crippen molar-refractivity contribution in [2.45, 2.75) is 25.4 Å². The highest BCUT2D eigenvalue weighted by molar-refractivity contribution is 5.88. The van der Waals surface area contributed by atoms with Crippen LogP contribution in [0.15, 0.2) is 18.3 Å². The number of esters is 1. The van der Waals surface area contributed by atoms with E-state index in [0.717, 1.165) is 31.4 Å². The summed E-state index contributed by atoms with van der Waals surface area (Å²) in [4.78, 5) is 20.8. The number of aromatic nitrogens is 1. The third-order valence-corrected chi connectivity index (χ3v) is 4.30. The molecule has 0 bridgehead atoms. The van der Waals surface area contributed by atoms with Crippen molar-refractivity contribution in [3.05, 3.63) is 29.6 Å². The van der Waals surface area contributed by atoms with Crippen molar-refractivity contribution in [3.63, 3.8) is 0 Å². The molecule has 5 heteroatoms. The summed E-state index contributed by atoms with van der Waals surface area (Å²) in [5.74, 6) is -0.330. The van der Waals surface area contributed by atoms with Crippen LogP contribution in [-0.2, 0) is 11.3 Å². The van der Waals surface area contributed by atoms with E-state index in [1.54, 1.807) is 12.3 Å².